The molecule has 2 N–H and O–H groups in total. The summed E-state index contributed by atoms with van der Waals surface area (Å²) < 4.78 is 13.1. The minimum absolute atomic E-state index is 0.0562. The van der Waals surface area contributed by atoms with Crippen LogP contribution in [0, 0.1) is 0 Å². The van der Waals surface area contributed by atoms with E-state index in [4.69, 9.17) is 14.5 Å². The Labute approximate surface area is 186 Å². The van der Waals surface area contributed by atoms with E-state index in [9.17, 15) is 9.59 Å². The Morgan fingerprint density at radius 2 is 1.88 bits per heavy atom. The summed E-state index contributed by atoms with van der Waals surface area (Å²) in [6.07, 6.45) is 1.64. The number of carbonyl (C=O) groups is 2. The van der Waals surface area contributed by atoms with Crippen LogP contribution in [-0.4, -0.2) is 52.4 Å². The molecule has 0 saturated carbocycles. The van der Waals surface area contributed by atoms with E-state index in [1.54, 1.807) is 23.9 Å². The molecule has 4 rings (SSSR count). The summed E-state index contributed by atoms with van der Waals surface area (Å²) in [5, 5.41) is 10.6. The first kappa shape index (κ1) is 21.6. The smallest absolute Gasteiger partial charge is 0.252 e. The molecule has 0 aliphatic carbocycles. The Bertz CT molecular complexity index is 1170. The molecule has 1 atom stereocenters. The molecule has 2 aromatic heterocycles. The predicted molar refractivity (Wildman–Crippen MR) is 120 cm³/mol. The van der Waals surface area contributed by atoms with Crippen LogP contribution in [0.3, 0.4) is 0 Å². The minimum Gasteiger partial charge on any atom is -0.486 e. The van der Waals surface area contributed by atoms with E-state index in [2.05, 4.69) is 15.7 Å². The number of hydrogen-bond acceptors (Lipinski definition) is 6. The molecule has 0 spiro atoms. The number of pyridine rings is 1. The van der Waals surface area contributed by atoms with E-state index in [-0.39, 0.29) is 17.9 Å². The fourth-order valence-corrected chi connectivity index (χ4v) is 3.60. The lowest BCUT2D eigenvalue weighted by atomic mass is 10.1. The normalized spacial score (nSPS) is 13.8. The number of rotatable bonds is 6. The average molecular weight is 438 g/mol. The molecule has 3 heterocycles. The van der Waals surface area contributed by atoms with Crippen molar-refractivity contribution in [3.8, 4) is 22.8 Å². The molecule has 32 heavy (non-hydrogen) atoms. The highest BCUT2D eigenvalue weighted by Crippen LogP contribution is 2.35. The van der Waals surface area contributed by atoms with Crippen LogP contribution in [0.5, 0.6) is 11.5 Å². The van der Waals surface area contributed by atoms with Crippen molar-refractivity contribution >= 4 is 22.8 Å². The van der Waals surface area contributed by atoms with Gasteiger partial charge in [0.1, 0.15) is 19.3 Å². The molecule has 0 saturated heterocycles. The van der Waals surface area contributed by atoms with Crippen LogP contribution in [0.2, 0.25) is 0 Å². The van der Waals surface area contributed by atoms with Crippen LogP contribution in [0.15, 0.2) is 30.5 Å². The molecule has 1 aliphatic heterocycles. The maximum absolute atomic E-state index is 13.2. The number of ether oxygens (including phenoxy) is 2. The zero-order valence-corrected chi connectivity index (χ0v) is 18.6. The monoisotopic (exact) mass is 437 g/mol. The van der Waals surface area contributed by atoms with Gasteiger partial charge in [0.2, 0.25) is 5.91 Å². The van der Waals surface area contributed by atoms with Crippen molar-refractivity contribution in [2.24, 2.45) is 0 Å². The summed E-state index contributed by atoms with van der Waals surface area (Å²) in [7, 11) is 0. The van der Waals surface area contributed by atoms with Gasteiger partial charge in [0.05, 0.1) is 22.8 Å². The first-order valence-electron chi connectivity index (χ1n) is 10.8. The SMILES string of the molecule is CCNC(=O)C(C)NC(=O)c1cc(-c2ccc3c(c2)OCCO3)nc2c1cnn2C(C)C. The Hall–Kier alpha value is -3.62. The van der Waals surface area contributed by atoms with Gasteiger partial charge >= 0.3 is 0 Å². The van der Waals surface area contributed by atoms with Gasteiger partial charge in [-0.2, -0.15) is 5.10 Å². The van der Waals surface area contributed by atoms with Gasteiger partial charge in [-0.1, -0.05) is 0 Å². The Morgan fingerprint density at radius 1 is 1.12 bits per heavy atom. The number of aromatic nitrogens is 3. The van der Waals surface area contributed by atoms with Crippen LogP contribution < -0.4 is 20.1 Å². The quantitative estimate of drug-likeness (QED) is 0.614. The second-order valence-electron chi connectivity index (χ2n) is 7.92. The molecule has 1 aromatic carbocycles. The summed E-state index contributed by atoms with van der Waals surface area (Å²) in [5.41, 5.74) is 2.40. The summed E-state index contributed by atoms with van der Waals surface area (Å²) in [4.78, 5) is 30.1. The number of benzene rings is 1. The van der Waals surface area contributed by atoms with Crippen molar-refractivity contribution < 1.29 is 19.1 Å². The molecule has 0 bridgehead atoms. The molecule has 9 nitrogen and oxygen atoms in total. The lowest BCUT2D eigenvalue weighted by Crippen LogP contribution is -2.44. The third kappa shape index (κ3) is 4.10. The second kappa shape index (κ2) is 8.86. The maximum Gasteiger partial charge on any atom is 0.252 e. The van der Waals surface area contributed by atoms with Gasteiger partial charge in [0.15, 0.2) is 17.1 Å². The van der Waals surface area contributed by atoms with Gasteiger partial charge in [-0.05, 0) is 52.0 Å². The molecule has 1 unspecified atom stereocenters. The van der Waals surface area contributed by atoms with Crippen LogP contribution in [0.25, 0.3) is 22.3 Å². The number of amides is 2. The molecule has 168 valence electrons. The van der Waals surface area contributed by atoms with Gasteiger partial charge in [0.25, 0.3) is 5.91 Å². The molecular weight excluding hydrogens is 410 g/mol. The number of nitrogens with zero attached hydrogens (tertiary/aromatic N) is 3. The molecule has 3 aromatic rings. The van der Waals surface area contributed by atoms with Gasteiger partial charge in [-0.15, -0.1) is 0 Å². The zero-order valence-electron chi connectivity index (χ0n) is 18.6. The number of fused-ring (bicyclic) bond motifs is 2. The first-order valence-corrected chi connectivity index (χ1v) is 10.8. The van der Waals surface area contributed by atoms with E-state index in [1.807, 2.05) is 39.0 Å². The Kier molecular flexibility index (Phi) is 5.98. The van der Waals surface area contributed by atoms with Crippen LogP contribution in [0.4, 0.5) is 0 Å². The highest BCUT2D eigenvalue weighted by atomic mass is 16.6. The van der Waals surface area contributed by atoms with Gasteiger partial charge < -0.3 is 20.1 Å². The highest BCUT2D eigenvalue weighted by molar-refractivity contribution is 6.07. The Balaban J connectivity index is 1.78. The highest BCUT2D eigenvalue weighted by Gasteiger charge is 2.22. The molecule has 0 radical (unpaired) electrons. The molecular formula is C23H27N5O4. The Morgan fingerprint density at radius 3 is 2.59 bits per heavy atom. The lowest BCUT2D eigenvalue weighted by Gasteiger charge is -2.19. The van der Waals surface area contributed by atoms with Crippen LogP contribution in [0.1, 0.15) is 44.1 Å². The third-order valence-corrected chi connectivity index (χ3v) is 5.23. The van der Waals surface area contributed by atoms with Gasteiger partial charge in [-0.3, -0.25) is 9.59 Å². The van der Waals surface area contributed by atoms with Crippen molar-refractivity contribution in [1.29, 1.82) is 0 Å². The largest absolute Gasteiger partial charge is 0.486 e. The van der Waals surface area contributed by atoms with Gasteiger partial charge in [0, 0.05) is 18.2 Å². The fourth-order valence-electron chi connectivity index (χ4n) is 3.60. The number of nitrogens with one attached hydrogen (secondary N) is 2. The standard InChI is InChI=1S/C23H27N5O4/c1-5-24-22(29)14(4)26-23(30)16-11-18(27-21-17(16)12-25-28(21)13(2)3)15-6-7-19-20(10-15)32-9-8-31-19/h6-7,10-14H,5,8-9H2,1-4H3,(H,24,29)(H,26,30). The maximum atomic E-state index is 13.2. The van der Waals surface area contributed by atoms with Gasteiger partial charge in [-0.25, -0.2) is 9.67 Å². The lowest BCUT2D eigenvalue weighted by molar-refractivity contribution is -0.122. The number of hydrogen-bond donors (Lipinski definition) is 2. The predicted octanol–water partition coefficient (Wildman–Crippen LogP) is 2.70. The zero-order chi connectivity index (χ0) is 22.8. The minimum atomic E-state index is -0.677. The summed E-state index contributed by atoms with van der Waals surface area (Å²) in [6.45, 7) is 8.98. The topological polar surface area (TPSA) is 107 Å². The molecule has 2 amide bonds. The van der Waals surface area contributed by atoms with E-state index >= 15 is 0 Å². The molecule has 1 aliphatic rings. The first-order chi connectivity index (χ1) is 15.4. The van der Waals surface area contributed by atoms with Crippen LogP contribution in [-0.2, 0) is 4.79 Å². The number of carbonyl (C=O) groups excluding carboxylic acids is 2. The van der Waals surface area contributed by atoms with Crippen molar-refractivity contribution in [3.05, 3.63) is 36.0 Å². The summed E-state index contributed by atoms with van der Waals surface area (Å²) >= 11 is 0. The molecule has 0 fully saturated rings. The van der Waals surface area contributed by atoms with E-state index < -0.39 is 6.04 Å². The van der Waals surface area contributed by atoms with Crippen molar-refractivity contribution in [1.82, 2.24) is 25.4 Å². The summed E-state index contributed by atoms with van der Waals surface area (Å²) in [5.74, 6) is 0.722. The van der Waals surface area contributed by atoms with Crippen molar-refractivity contribution in [2.45, 2.75) is 39.8 Å². The second-order valence-corrected chi connectivity index (χ2v) is 7.92. The van der Waals surface area contributed by atoms with E-state index in [1.165, 1.54) is 0 Å². The average Bonchev–Trinajstić information content (AvgIpc) is 3.22. The van der Waals surface area contributed by atoms with Crippen molar-refractivity contribution in [2.75, 3.05) is 19.8 Å². The number of likely N-dealkylation sites (N-methyl/N-ethyl adjacent to an activating group) is 1. The molecule has 9 heteroatoms. The van der Waals surface area contributed by atoms with Crippen molar-refractivity contribution in [3.63, 3.8) is 0 Å². The van der Waals surface area contributed by atoms with Crippen LogP contribution >= 0.6 is 0 Å². The summed E-state index contributed by atoms with van der Waals surface area (Å²) in [6, 6.07) is 6.69. The van der Waals surface area contributed by atoms with E-state index in [0.29, 0.717) is 53.5 Å². The fraction of sp³-hybridized carbons (Fsp3) is 0.391. The van der Waals surface area contributed by atoms with E-state index in [0.717, 1.165) is 5.56 Å². The third-order valence-electron chi connectivity index (χ3n) is 5.23.